The first-order valence-corrected chi connectivity index (χ1v) is 11.1. The van der Waals surface area contributed by atoms with E-state index in [9.17, 15) is 18.0 Å². The van der Waals surface area contributed by atoms with Crippen molar-refractivity contribution in [3.8, 4) is 0 Å². The molecule has 1 aliphatic heterocycles. The molecular formula is C20H30N2O7S. The highest BCUT2D eigenvalue weighted by atomic mass is 32.2. The number of nitrogens with one attached hydrogen (secondary N) is 1. The molecular weight excluding hydrogens is 412 g/mol. The molecule has 9 nitrogen and oxygen atoms in total. The van der Waals surface area contributed by atoms with Gasteiger partial charge in [0.1, 0.15) is 5.60 Å². The number of carbonyl (C=O) groups excluding carboxylic acids is 2. The maximum absolute atomic E-state index is 12.6. The summed E-state index contributed by atoms with van der Waals surface area (Å²) in [6, 6.07) is 6.07. The number of benzene rings is 1. The van der Waals surface area contributed by atoms with Crippen LogP contribution in [0.25, 0.3) is 0 Å². The number of carbonyl (C=O) groups is 2. The van der Waals surface area contributed by atoms with Gasteiger partial charge in [-0.2, -0.15) is 8.42 Å². The van der Waals surface area contributed by atoms with Gasteiger partial charge in [0.05, 0.1) is 24.7 Å². The summed E-state index contributed by atoms with van der Waals surface area (Å²) in [5, 5.41) is 2.66. The molecule has 0 bridgehead atoms. The Balaban J connectivity index is 2.05. The van der Waals surface area contributed by atoms with Crippen LogP contribution < -0.4 is 5.32 Å². The number of amides is 1. The summed E-state index contributed by atoms with van der Waals surface area (Å²) in [6.07, 6.45) is -0.929. The maximum atomic E-state index is 12.6. The second-order valence-electron chi connectivity index (χ2n) is 8.26. The van der Waals surface area contributed by atoms with Crippen molar-refractivity contribution in [3.63, 3.8) is 0 Å². The van der Waals surface area contributed by atoms with E-state index >= 15 is 0 Å². The summed E-state index contributed by atoms with van der Waals surface area (Å²) in [5.41, 5.74) is 0.298. The van der Waals surface area contributed by atoms with E-state index in [0.717, 1.165) is 5.56 Å². The van der Waals surface area contributed by atoms with E-state index in [2.05, 4.69) is 5.32 Å². The van der Waals surface area contributed by atoms with Crippen LogP contribution in [0.15, 0.2) is 29.2 Å². The summed E-state index contributed by atoms with van der Waals surface area (Å²) in [6.45, 7) is 7.47. The van der Waals surface area contributed by atoms with Crippen molar-refractivity contribution in [1.29, 1.82) is 0 Å². The van der Waals surface area contributed by atoms with Crippen LogP contribution in [0.3, 0.4) is 0 Å². The predicted octanol–water partition coefficient (Wildman–Crippen LogP) is 1.84. The van der Waals surface area contributed by atoms with E-state index in [1.165, 1.54) is 19.2 Å². The lowest BCUT2D eigenvalue weighted by molar-refractivity contribution is -0.142. The van der Waals surface area contributed by atoms with Gasteiger partial charge >= 0.3 is 12.1 Å². The Kier molecular flexibility index (Phi) is 7.84. The average molecular weight is 443 g/mol. The molecule has 2 atom stereocenters. The number of esters is 1. The molecule has 0 aromatic heterocycles. The largest absolute Gasteiger partial charge is 0.468 e. The van der Waals surface area contributed by atoms with Crippen molar-refractivity contribution in [2.45, 2.75) is 56.8 Å². The topological polar surface area (TPSA) is 111 Å². The van der Waals surface area contributed by atoms with E-state index in [1.807, 2.05) is 6.92 Å². The third-order valence-electron chi connectivity index (χ3n) is 4.50. The third-order valence-corrected chi connectivity index (χ3v) is 5.88. The molecule has 1 aliphatic rings. The maximum Gasteiger partial charge on any atom is 0.407 e. The molecule has 10 heteroatoms. The molecule has 0 radical (unpaired) electrons. The number of aryl methyl sites for hydroxylation is 1. The minimum absolute atomic E-state index is 0.0401. The van der Waals surface area contributed by atoms with E-state index in [0.29, 0.717) is 6.42 Å². The van der Waals surface area contributed by atoms with E-state index in [4.69, 9.17) is 13.7 Å². The van der Waals surface area contributed by atoms with Crippen LogP contribution in [-0.4, -0.2) is 69.9 Å². The molecule has 0 unspecified atom stereocenters. The third kappa shape index (κ3) is 7.26. The summed E-state index contributed by atoms with van der Waals surface area (Å²) >= 11 is 0. The fourth-order valence-corrected chi connectivity index (χ4v) is 4.18. The van der Waals surface area contributed by atoms with Gasteiger partial charge in [-0.3, -0.25) is 13.9 Å². The molecule has 1 saturated heterocycles. The zero-order valence-corrected chi connectivity index (χ0v) is 18.8. The highest BCUT2D eigenvalue weighted by Gasteiger charge is 2.37. The molecule has 2 rings (SSSR count). The molecule has 1 heterocycles. The van der Waals surface area contributed by atoms with Crippen LogP contribution in [0.1, 0.15) is 32.8 Å². The Hall–Kier alpha value is -2.17. The van der Waals surface area contributed by atoms with Gasteiger partial charge in [0.25, 0.3) is 10.1 Å². The van der Waals surface area contributed by atoms with Gasteiger partial charge in [-0.15, -0.1) is 0 Å². The van der Waals surface area contributed by atoms with Gasteiger partial charge in [-0.25, -0.2) is 4.79 Å². The van der Waals surface area contributed by atoms with Crippen LogP contribution in [0.4, 0.5) is 4.79 Å². The van der Waals surface area contributed by atoms with Gasteiger partial charge < -0.3 is 14.8 Å². The lowest BCUT2D eigenvalue weighted by atomic mass is 10.2. The Morgan fingerprint density at radius 3 is 2.40 bits per heavy atom. The van der Waals surface area contributed by atoms with E-state index in [-0.39, 0.29) is 30.6 Å². The first kappa shape index (κ1) is 24.1. The molecule has 30 heavy (non-hydrogen) atoms. The van der Waals surface area contributed by atoms with Crippen molar-refractivity contribution in [3.05, 3.63) is 29.8 Å². The summed E-state index contributed by atoms with van der Waals surface area (Å²) in [5.74, 6) is -0.459. The van der Waals surface area contributed by atoms with E-state index < -0.39 is 33.9 Å². The SMILES string of the molecule is COC(=O)CN1C[C@H](OS(=O)(=O)c2ccc(C)cc2)C[C@@H]1CNC(=O)OC(C)(C)C. The molecule has 1 aromatic carbocycles. The quantitative estimate of drug-likeness (QED) is 0.503. The first-order chi connectivity index (χ1) is 13.9. The summed E-state index contributed by atoms with van der Waals surface area (Å²) < 4.78 is 40.5. The van der Waals surface area contributed by atoms with E-state index in [1.54, 1.807) is 37.8 Å². The number of rotatable bonds is 7. The zero-order valence-electron chi connectivity index (χ0n) is 18.0. The standard InChI is InChI=1S/C20H30N2O7S/c1-14-6-8-17(9-7-14)30(25,26)29-16-10-15(22(12-16)13-18(23)27-5)11-21-19(24)28-20(2,3)4/h6-9,15-16H,10-13H2,1-5H3,(H,21,24)/t15-,16-/m1/s1. The van der Waals surface area contributed by atoms with Gasteiger partial charge in [0, 0.05) is 19.1 Å². The van der Waals surface area contributed by atoms with Crippen LogP contribution in [0.5, 0.6) is 0 Å². The normalized spacial score (nSPS) is 20.0. The number of alkyl carbamates (subject to hydrolysis) is 1. The number of nitrogens with zero attached hydrogens (tertiary/aromatic N) is 1. The molecule has 1 fully saturated rings. The number of hydrogen-bond acceptors (Lipinski definition) is 8. The van der Waals surface area contributed by atoms with Gasteiger partial charge in [0.15, 0.2) is 0 Å². The monoisotopic (exact) mass is 442 g/mol. The first-order valence-electron chi connectivity index (χ1n) is 9.67. The van der Waals surface area contributed by atoms with Crippen LogP contribution in [0.2, 0.25) is 0 Å². The van der Waals surface area contributed by atoms with Crippen LogP contribution >= 0.6 is 0 Å². The van der Waals surface area contributed by atoms with Crippen molar-refractivity contribution in [1.82, 2.24) is 10.2 Å². The molecule has 0 saturated carbocycles. The minimum Gasteiger partial charge on any atom is -0.468 e. The van der Waals surface area contributed by atoms with Gasteiger partial charge in [-0.1, -0.05) is 17.7 Å². The highest BCUT2D eigenvalue weighted by Crippen LogP contribution is 2.24. The fraction of sp³-hybridized carbons (Fsp3) is 0.600. The number of likely N-dealkylation sites (tertiary alicyclic amines) is 1. The molecule has 1 aromatic rings. The second kappa shape index (κ2) is 9.76. The fourth-order valence-electron chi connectivity index (χ4n) is 3.10. The minimum atomic E-state index is -3.95. The highest BCUT2D eigenvalue weighted by molar-refractivity contribution is 7.86. The zero-order chi connectivity index (χ0) is 22.5. The van der Waals surface area contributed by atoms with Crippen molar-refractivity contribution in [2.24, 2.45) is 0 Å². The van der Waals surface area contributed by atoms with Crippen LogP contribution in [-0.2, 0) is 28.6 Å². The lowest BCUT2D eigenvalue weighted by Gasteiger charge is -2.24. The number of methoxy groups -OCH3 is 1. The smallest absolute Gasteiger partial charge is 0.407 e. The van der Waals surface area contributed by atoms with Crippen molar-refractivity contribution >= 4 is 22.2 Å². The molecule has 1 amide bonds. The Bertz CT molecular complexity index is 847. The Labute approximate surface area is 177 Å². The molecule has 0 aliphatic carbocycles. The summed E-state index contributed by atoms with van der Waals surface area (Å²) in [7, 11) is -2.67. The second-order valence-corrected chi connectivity index (χ2v) is 9.84. The van der Waals surface area contributed by atoms with Crippen molar-refractivity contribution in [2.75, 3.05) is 26.7 Å². The number of ether oxygens (including phenoxy) is 2. The molecule has 168 valence electrons. The van der Waals surface area contributed by atoms with Crippen molar-refractivity contribution < 1.29 is 31.7 Å². The van der Waals surface area contributed by atoms with Gasteiger partial charge in [0.2, 0.25) is 0 Å². The molecule has 0 spiro atoms. The summed E-state index contributed by atoms with van der Waals surface area (Å²) in [4.78, 5) is 25.5. The lowest BCUT2D eigenvalue weighted by Crippen LogP contribution is -2.43. The predicted molar refractivity (Wildman–Crippen MR) is 109 cm³/mol. The average Bonchev–Trinajstić information content (AvgIpc) is 2.99. The van der Waals surface area contributed by atoms with Crippen LogP contribution in [0, 0.1) is 6.92 Å². The Morgan fingerprint density at radius 2 is 1.83 bits per heavy atom. The number of hydrogen-bond donors (Lipinski definition) is 1. The van der Waals surface area contributed by atoms with Gasteiger partial charge in [-0.05, 0) is 46.2 Å². The molecule has 1 N–H and O–H groups in total. The Morgan fingerprint density at radius 1 is 1.20 bits per heavy atom.